The number of ketones is 1. The lowest BCUT2D eigenvalue weighted by Gasteiger charge is -2.02. The maximum Gasteiger partial charge on any atom is 0.185 e. The molecule has 2 rings (SSSR count). The molecular weight excluding hydrogens is 328 g/mol. The van der Waals surface area contributed by atoms with Crippen molar-refractivity contribution < 1.29 is 9.53 Å². The zero-order valence-electron chi connectivity index (χ0n) is 11.5. The van der Waals surface area contributed by atoms with Gasteiger partial charge in [-0.2, -0.15) is 0 Å². The van der Waals surface area contributed by atoms with Crippen LogP contribution in [-0.4, -0.2) is 12.4 Å². The predicted molar refractivity (Wildman–Crippen MR) is 89.6 cm³/mol. The largest absolute Gasteiger partial charge is 0.490 e. The Morgan fingerprint density at radius 2 is 1.76 bits per heavy atom. The molecule has 0 aromatic heterocycles. The van der Waals surface area contributed by atoms with Gasteiger partial charge in [0, 0.05) is 10.0 Å². The van der Waals surface area contributed by atoms with E-state index in [1.807, 2.05) is 36.4 Å². The third-order valence-electron chi connectivity index (χ3n) is 2.80. The molecule has 21 heavy (non-hydrogen) atoms. The second-order valence-corrected chi connectivity index (χ2v) is 5.29. The van der Waals surface area contributed by atoms with Crippen LogP contribution in [0.2, 0.25) is 0 Å². The molecule has 0 aliphatic heterocycles. The summed E-state index contributed by atoms with van der Waals surface area (Å²) < 4.78 is 6.36. The lowest BCUT2D eigenvalue weighted by Crippen LogP contribution is -1.93. The molecule has 2 aromatic rings. The molecule has 0 unspecified atom stereocenters. The van der Waals surface area contributed by atoms with Crippen molar-refractivity contribution in [1.29, 1.82) is 0 Å². The number of ether oxygens (including phenoxy) is 1. The second-order valence-electron chi connectivity index (χ2n) is 4.37. The number of hydrogen-bond donors (Lipinski definition) is 0. The van der Waals surface area contributed by atoms with Crippen molar-refractivity contribution in [2.45, 2.75) is 0 Å². The average Bonchev–Trinajstić information content (AvgIpc) is 2.52. The molecule has 0 atom stereocenters. The summed E-state index contributed by atoms with van der Waals surface area (Å²) in [5, 5.41) is 0. The summed E-state index contributed by atoms with van der Waals surface area (Å²) in [5.41, 5.74) is 1.62. The van der Waals surface area contributed by atoms with E-state index in [4.69, 9.17) is 4.74 Å². The van der Waals surface area contributed by atoms with Gasteiger partial charge in [0.1, 0.15) is 12.4 Å². The summed E-state index contributed by atoms with van der Waals surface area (Å²) in [5.74, 6) is 0.765. The Labute approximate surface area is 132 Å². The molecule has 0 heterocycles. The zero-order valence-corrected chi connectivity index (χ0v) is 13.0. The van der Waals surface area contributed by atoms with E-state index in [1.54, 1.807) is 30.4 Å². The van der Waals surface area contributed by atoms with Gasteiger partial charge in [-0.05, 0) is 48.0 Å². The molecule has 0 spiro atoms. The SMILES string of the molecule is C=CCOc1ccc(C=CC(=O)c2ccc(Br)cc2)cc1. The monoisotopic (exact) mass is 342 g/mol. The average molecular weight is 343 g/mol. The van der Waals surface area contributed by atoms with Crippen LogP contribution in [0.15, 0.2) is 71.7 Å². The Balaban J connectivity index is 2.01. The number of carbonyl (C=O) groups excluding carboxylic acids is 1. The van der Waals surface area contributed by atoms with Crippen LogP contribution in [0.25, 0.3) is 6.08 Å². The van der Waals surface area contributed by atoms with Gasteiger partial charge >= 0.3 is 0 Å². The molecule has 3 heteroatoms. The Bertz CT molecular complexity index is 640. The molecule has 0 aliphatic rings. The summed E-state index contributed by atoms with van der Waals surface area (Å²) >= 11 is 3.35. The van der Waals surface area contributed by atoms with E-state index in [2.05, 4.69) is 22.5 Å². The fourth-order valence-electron chi connectivity index (χ4n) is 1.71. The quantitative estimate of drug-likeness (QED) is 0.423. The smallest absolute Gasteiger partial charge is 0.185 e. The lowest BCUT2D eigenvalue weighted by molar-refractivity contribution is 0.104. The van der Waals surface area contributed by atoms with Gasteiger partial charge in [-0.3, -0.25) is 4.79 Å². The van der Waals surface area contributed by atoms with Gasteiger partial charge in [-0.1, -0.05) is 46.8 Å². The zero-order chi connectivity index (χ0) is 15.1. The minimum absolute atomic E-state index is 0.0190. The van der Waals surface area contributed by atoms with Crippen LogP contribution in [0.5, 0.6) is 5.75 Å². The molecule has 0 N–H and O–H groups in total. The third-order valence-corrected chi connectivity index (χ3v) is 3.33. The highest BCUT2D eigenvalue weighted by atomic mass is 79.9. The van der Waals surface area contributed by atoms with Gasteiger partial charge in [0.05, 0.1) is 0 Å². The van der Waals surface area contributed by atoms with E-state index in [0.29, 0.717) is 12.2 Å². The Morgan fingerprint density at radius 3 is 2.38 bits per heavy atom. The molecule has 0 aliphatic carbocycles. The first-order valence-electron chi connectivity index (χ1n) is 6.51. The Morgan fingerprint density at radius 1 is 1.10 bits per heavy atom. The molecule has 0 saturated carbocycles. The maximum atomic E-state index is 12.0. The first kappa shape index (κ1) is 15.3. The maximum absolute atomic E-state index is 12.0. The fraction of sp³-hybridized carbons (Fsp3) is 0.0556. The van der Waals surface area contributed by atoms with Crippen molar-refractivity contribution in [3.05, 3.63) is 82.9 Å². The van der Waals surface area contributed by atoms with Gasteiger partial charge in [0.2, 0.25) is 0 Å². The van der Waals surface area contributed by atoms with Crippen molar-refractivity contribution in [3.63, 3.8) is 0 Å². The molecule has 0 amide bonds. The van der Waals surface area contributed by atoms with Crippen LogP contribution < -0.4 is 4.74 Å². The first-order valence-corrected chi connectivity index (χ1v) is 7.30. The molecule has 2 aromatic carbocycles. The van der Waals surface area contributed by atoms with Crippen LogP contribution in [0, 0.1) is 0 Å². The molecule has 0 bridgehead atoms. The van der Waals surface area contributed by atoms with Crippen molar-refractivity contribution in [2.24, 2.45) is 0 Å². The van der Waals surface area contributed by atoms with Crippen LogP contribution >= 0.6 is 15.9 Å². The van der Waals surface area contributed by atoms with Crippen molar-refractivity contribution in [1.82, 2.24) is 0 Å². The van der Waals surface area contributed by atoms with Gasteiger partial charge in [0.25, 0.3) is 0 Å². The van der Waals surface area contributed by atoms with Gasteiger partial charge < -0.3 is 4.74 Å². The second kappa shape index (κ2) is 7.60. The highest BCUT2D eigenvalue weighted by molar-refractivity contribution is 9.10. The number of hydrogen-bond acceptors (Lipinski definition) is 2. The molecular formula is C18H15BrO2. The standard InChI is InChI=1S/C18H15BrO2/c1-2-13-21-17-10-3-14(4-11-17)5-12-18(20)15-6-8-16(19)9-7-15/h2-12H,1,13H2. The summed E-state index contributed by atoms with van der Waals surface area (Å²) in [6, 6.07) is 14.8. The molecule has 0 saturated heterocycles. The van der Waals surface area contributed by atoms with Crippen LogP contribution in [0.3, 0.4) is 0 Å². The minimum Gasteiger partial charge on any atom is -0.490 e. The van der Waals surface area contributed by atoms with E-state index < -0.39 is 0 Å². The van der Waals surface area contributed by atoms with E-state index >= 15 is 0 Å². The summed E-state index contributed by atoms with van der Waals surface area (Å²) in [6.07, 6.45) is 5.06. The number of allylic oxidation sites excluding steroid dienone is 1. The van der Waals surface area contributed by atoms with Gasteiger partial charge in [-0.15, -0.1) is 0 Å². The van der Waals surface area contributed by atoms with Crippen molar-refractivity contribution in [3.8, 4) is 5.75 Å². The number of halogens is 1. The molecule has 106 valence electrons. The Hall–Kier alpha value is -2.13. The van der Waals surface area contributed by atoms with E-state index in [1.165, 1.54) is 0 Å². The molecule has 0 radical (unpaired) electrons. The fourth-order valence-corrected chi connectivity index (χ4v) is 1.98. The lowest BCUT2D eigenvalue weighted by atomic mass is 10.1. The van der Waals surface area contributed by atoms with Crippen LogP contribution in [0.1, 0.15) is 15.9 Å². The topological polar surface area (TPSA) is 26.3 Å². The van der Waals surface area contributed by atoms with E-state index in [9.17, 15) is 4.79 Å². The highest BCUT2D eigenvalue weighted by Gasteiger charge is 2.01. The molecule has 2 nitrogen and oxygen atoms in total. The van der Waals surface area contributed by atoms with E-state index in [-0.39, 0.29) is 5.78 Å². The summed E-state index contributed by atoms with van der Waals surface area (Å²) in [6.45, 7) is 4.08. The molecule has 0 fully saturated rings. The van der Waals surface area contributed by atoms with E-state index in [0.717, 1.165) is 15.8 Å². The van der Waals surface area contributed by atoms with Gasteiger partial charge in [-0.25, -0.2) is 0 Å². The number of rotatable bonds is 6. The first-order chi connectivity index (χ1) is 10.2. The van der Waals surface area contributed by atoms with Crippen molar-refractivity contribution in [2.75, 3.05) is 6.61 Å². The predicted octanol–water partition coefficient (Wildman–Crippen LogP) is 4.91. The normalized spacial score (nSPS) is 10.5. The van der Waals surface area contributed by atoms with Gasteiger partial charge in [0.15, 0.2) is 5.78 Å². The van der Waals surface area contributed by atoms with Crippen molar-refractivity contribution >= 4 is 27.8 Å². The van der Waals surface area contributed by atoms with Crippen LogP contribution in [0.4, 0.5) is 0 Å². The number of benzene rings is 2. The summed E-state index contributed by atoms with van der Waals surface area (Å²) in [7, 11) is 0. The number of carbonyl (C=O) groups is 1. The Kier molecular flexibility index (Phi) is 5.52. The summed E-state index contributed by atoms with van der Waals surface area (Å²) in [4.78, 5) is 12.0. The third kappa shape index (κ3) is 4.72. The minimum atomic E-state index is -0.0190. The van der Waals surface area contributed by atoms with Crippen LogP contribution in [-0.2, 0) is 0 Å². The highest BCUT2D eigenvalue weighted by Crippen LogP contribution is 2.14.